The first kappa shape index (κ1) is 25.2. The lowest BCUT2D eigenvalue weighted by molar-refractivity contribution is 0.416. The van der Waals surface area contributed by atoms with Gasteiger partial charge >= 0.3 is 0 Å². The van der Waals surface area contributed by atoms with Crippen molar-refractivity contribution in [1.82, 2.24) is 0 Å². The number of benzene rings is 6. The molecular weight excluding hydrogens is 584 g/mol. The molecule has 6 aromatic carbocycles. The molecular formula is C38H25O2PS2. The van der Waals surface area contributed by atoms with Crippen molar-refractivity contribution >= 4 is 114 Å². The van der Waals surface area contributed by atoms with Gasteiger partial charge in [0.1, 0.15) is 11.5 Å². The van der Waals surface area contributed by atoms with Crippen molar-refractivity contribution in [2.45, 2.75) is 0 Å². The Hall–Kier alpha value is -4.34. The molecule has 0 radical (unpaired) electrons. The van der Waals surface area contributed by atoms with E-state index in [-0.39, 0.29) is 0 Å². The molecule has 5 heteroatoms. The van der Waals surface area contributed by atoms with Crippen molar-refractivity contribution in [1.29, 1.82) is 0 Å². The fourth-order valence-electron chi connectivity index (χ4n) is 6.83. The SMILES string of the molecule is COc1cccc2c3ccc4sc5ccccc5c4c3[pH]c3c(ccc4sc5ccccc5c43)c3cccc(OC)c3c12. The van der Waals surface area contributed by atoms with Gasteiger partial charge in [-0.15, -0.1) is 30.9 Å². The summed E-state index contributed by atoms with van der Waals surface area (Å²) in [5.41, 5.74) is 0. The topological polar surface area (TPSA) is 18.5 Å². The molecule has 0 unspecified atom stereocenters. The summed E-state index contributed by atoms with van der Waals surface area (Å²) in [6.45, 7) is 0. The minimum Gasteiger partial charge on any atom is -0.496 e. The Morgan fingerprint density at radius 3 is 1.30 bits per heavy atom. The summed E-state index contributed by atoms with van der Waals surface area (Å²) in [5, 5.41) is 15.2. The molecule has 43 heavy (non-hydrogen) atoms. The van der Waals surface area contributed by atoms with E-state index in [1.54, 1.807) is 14.2 Å². The Morgan fingerprint density at radius 1 is 0.395 bits per heavy atom. The second-order valence-corrected chi connectivity index (χ2v) is 14.2. The first-order chi connectivity index (χ1) is 21.2. The van der Waals surface area contributed by atoms with E-state index in [9.17, 15) is 0 Å². The van der Waals surface area contributed by atoms with Gasteiger partial charge in [-0.05, 0) is 57.9 Å². The van der Waals surface area contributed by atoms with E-state index in [1.165, 1.54) is 72.1 Å². The number of hydrogen-bond donors (Lipinski definition) is 0. The van der Waals surface area contributed by atoms with Crippen LogP contribution in [-0.4, -0.2) is 14.2 Å². The summed E-state index contributed by atoms with van der Waals surface area (Å²) in [6, 6.07) is 39.9. The van der Waals surface area contributed by atoms with Gasteiger partial charge < -0.3 is 9.47 Å². The van der Waals surface area contributed by atoms with Gasteiger partial charge in [0.2, 0.25) is 0 Å². The van der Waals surface area contributed by atoms with Gasteiger partial charge in [-0.1, -0.05) is 72.8 Å². The molecule has 0 spiro atoms. The van der Waals surface area contributed by atoms with E-state index in [4.69, 9.17) is 9.47 Å². The summed E-state index contributed by atoms with van der Waals surface area (Å²) in [5.74, 6) is 1.69. The van der Waals surface area contributed by atoms with Crippen LogP contribution < -0.4 is 9.47 Å². The largest absolute Gasteiger partial charge is 0.496 e. The van der Waals surface area contributed by atoms with Crippen LogP contribution >= 0.6 is 30.9 Å². The highest BCUT2D eigenvalue weighted by Crippen LogP contribution is 2.50. The summed E-state index contributed by atoms with van der Waals surface area (Å²) >= 11 is 3.77. The molecule has 2 nitrogen and oxygen atoms in total. The maximum atomic E-state index is 6.12. The van der Waals surface area contributed by atoms with Crippen LogP contribution in [-0.2, 0) is 0 Å². The van der Waals surface area contributed by atoms with Crippen LogP contribution in [0.25, 0.3) is 82.9 Å². The normalized spacial score (nSPS) is 12.0. The minimum atomic E-state index is 0.447. The van der Waals surface area contributed by atoms with Crippen molar-refractivity contribution in [3.63, 3.8) is 0 Å². The molecule has 0 saturated heterocycles. The van der Waals surface area contributed by atoms with Crippen LogP contribution in [0.4, 0.5) is 0 Å². The molecule has 0 N–H and O–H groups in total. The predicted molar refractivity (Wildman–Crippen MR) is 192 cm³/mol. The van der Waals surface area contributed by atoms with Gasteiger partial charge in [-0.25, -0.2) is 0 Å². The lowest BCUT2D eigenvalue weighted by atomic mass is 9.98. The van der Waals surface area contributed by atoms with Crippen LogP contribution in [0, 0.1) is 0 Å². The molecule has 0 amide bonds. The van der Waals surface area contributed by atoms with Crippen molar-refractivity contribution in [2.75, 3.05) is 14.2 Å². The average Bonchev–Trinajstić information content (AvgIpc) is 3.63. The van der Waals surface area contributed by atoms with Crippen molar-refractivity contribution in [2.24, 2.45) is 0 Å². The first-order valence-electron chi connectivity index (χ1n) is 14.3. The van der Waals surface area contributed by atoms with Gasteiger partial charge in [-0.3, -0.25) is 0 Å². The minimum absolute atomic E-state index is 0.447. The highest BCUT2D eigenvalue weighted by Gasteiger charge is 2.17. The Morgan fingerprint density at radius 2 is 0.837 bits per heavy atom. The Labute approximate surface area is 257 Å². The quantitative estimate of drug-likeness (QED) is 0.194. The molecule has 0 aliphatic rings. The number of ether oxygens (including phenoxy) is 2. The van der Waals surface area contributed by atoms with Crippen LogP contribution in [0.3, 0.4) is 0 Å². The zero-order valence-corrected chi connectivity index (χ0v) is 26.2. The second kappa shape index (κ2) is 9.59. The average molecular weight is 609 g/mol. The third-order valence-corrected chi connectivity index (χ3v) is 12.5. The fraction of sp³-hybridized carbons (Fsp3) is 0.0526. The van der Waals surface area contributed by atoms with Crippen LogP contribution in [0.2, 0.25) is 0 Å². The molecule has 0 bridgehead atoms. The summed E-state index contributed by atoms with van der Waals surface area (Å²) in [4.78, 5) is 0. The van der Waals surface area contributed by atoms with E-state index in [0.717, 1.165) is 22.3 Å². The number of hydrogen-bond acceptors (Lipinski definition) is 4. The fourth-order valence-corrected chi connectivity index (χ4v) is 11.0. The maximum absolute atomic E-state index is 6.12. The highest BCUT2D eigenvalue weighted by molar-refractivity contribution is 7.45. The van der Waals surface area contributed by atoms with Gasteiger partial charge in [0.25, 0.3) is 0 Å². The first-order valence-corrected chi connectivity index (χ1v) is 16.9. The molecule has 9 aromatic rings. The molecule has 3 heterocycles. The molecule has 0 atom stereocenters. The van der Waals surface area contributed by atoms with E-state index >= 15 is 0 Å². The lowest BCUT2D eigenvalue weighted by Gasteiger charge is -2.11. The number of fused-ring (bicyclic) bond motifs is 15. The monoisotopic (exact) mass is 608 g/mol. The third kappa shape index (κ3) is 3.58. The molecule has 3 aromatic heterocycles. The van der Waals surface area contributed by atoms with Crippen LogP contribution in [0.1, 0.15) is 0 Å². The van der Waals surface area contributed by atoms with E-state index < -0.39 is 0 Å². The van der Waals surface area contributed by atoms with E-state index in [2.05, 4.69) is 109 Å². The second-order valence-electron chi connectivity index (χ2n) is 10.8. The summed E-state index contributed by atoms with van der Waals surface area (Å²) < 4.78 is 17.5. The van der Waals surface area contributed by atoms with Gasteiger partial charge in [0.15, 0.2) is 0 Å². The van der Waals surface area contributed by atoms with Crippen molar-refractivity contribution in [3.05, 3.63) is 109 Å². The van der Waals surface area contributed by atoms with E-state index in [1.807, 2.05) is 22.7 Å². The summed E-state index contributed by atoms with van der Waals surface area (Å²) in [7, 11) is 3.98. The summed E-state index contributed by atoms with van der Waals surface area (Å²) in [6.07, 6.45) is 0. The maximum Gasteiger partial charge on any atom is 0.127 e. The Bertz CT molecular complexity index is 2480. The smallest absolute Gasteiger partial charge is 0.127 e. The van der Waals surface area contributed by atoms with Gasteiger partial charge in [0, 0.05) is 61.4 Å². The van der Waals surface area contributed by atoms with Crippen molar-refractivity contribution in [3.8, 4) is 11.5 Å². The zero-order chi connectivity index (χ0) is 28.7. The van der Waals surface area contributed by atoms with Crippen molar-refractivity contribution < 1.29 is 9.47 Å². The van der Waals surface area contributed by atoms with Gasteiger partial charge in [-0.2, -0.15) is 0 Å². The molecule has 0 fully saturated rings. The number of thiophene rings is 2. The zero-order valence-electron chi connectivity index (χ0n) is 23.5. The lowest BCUT2D eigenvalue weighted by Crippen LogP contribution is -1.89. The molecule has 206 valence electrons. The van der Waals surface area contributed by atoms with Gasteiger partial charge in [0.05, 0.1) is 14.2 Å². The Balaban J connectivity index is 1.73. The number of rotatable bonds is 2. The standard InChI is InChI=1S/C38H25O2PS2/c1-39-27-13-7-11-21-23-17-19-31-35(25-9-3-5-15-29(25)42-31)37(23)41-38-24(22-12-8-14-28(40-2)34(22)33(21)27)18-20-32-36(38)26-10-4-6-16-30(26)43-32/h3-20,41H,1-2H3. The van der Waals surface area contributed by atoms with E-state index in [0.29, 0.717) is 8.19 Å². The Kier molecular flexibility index (Phi) is 5.61. The molecule has 0 aliphatic heterocycles. The van der Waals surface area contributed by atoms with Crippen LogP contribution in [0.5, 0.6) is 11.5 Å². The highest BCUT2D eigenvalue weighted by atomic mass is 32.1. The third-order valence-electron chi connectivity index (χ3n) is 8.66. The predicted octanol–water partition coefficient (Wildman–Crippen LogP) is 12.2. The van der Waals surface area contributed by atoms with Crippen LogP contribution in [0.15, 0.2) is 109 Å². The molecule has 9 rings (SSSR count). The molecule has 0 saturated carbocycles. The molecule has 0 aliphatic carbocycles. The number of methoxy groups -OCH3 is 2.